The van der Waals surface area contributed by atoms with Crippen molar-refractivity contribution in [2.45, 2.75) is 58.0 Å². The Hall–Kier alpha value is -1.61. The number of nitrogens with zero attached hydrogens (tertiary/aromatic N) is 1. The molecule has 0 bridgehead atoms. The Kier molecular flexibility index (Phi) is 6.48. The number of aliphatic hydroxyl groups is 1. The molecule has 1 aromatic heterocycles. The molecule has 2 N–H and O–H groups in total. The molecule has 21 heavy (non-hydrogen) atoms. The summed E-state index contributed by atoms with van der Waals surface area (Å²) in [5, 5.41) is 17.5. The molecule has 3 nitrogen and oxygen atoms in total. The molecule has 0 radical (unpaired) electrons. The molecule has 3 heteroatoms. The maximum Gasteiger partial charge on any atom is 0.0826 e. The summed E-state index contributed by atoms with van der Waals surface area (Å²) in [5.74, 6) is 0. The number of aliphatic hydroxyl groups excluding tert-OH is 1. The van der Waals surface area contributed by atoms with Gasteiger partial charge in [0.2, 0.25) is 0 Å². The minimum Gasteiger partial charge on any atom is -0.388 e. The summed E-state index contributed by atoms with van der Waals surface area (Å²) < 4.78 is 0. The molecule has 0 amide bonds. The van der Waals surface area contributed by atoms with Crippen LogP contribution in [0.15, 0.2) is 36.5 Å². The van der Waals surface area contributed by atoms with Crippen LogP contribution in [0.2, 0.25) is 0 Å². The normalized spacial score (nSPS) is 12.5. The summed E-state index contributed by atoms with van der Waals surface area (Å²) in [5.41, 5.74) is 2.93. The average molecular weight is 286 g/mol. The minimum absolute atomic E-state index is 0.426. The number of hydrogen-bond donors (Lipinski definition) is 2. The van der Waals surface area contributed by atoms with Gasteiger partial charge in [-0.05, 0) is 12.0 Å². The van der Waals surface area contributed by atoms with Crippen LogP contribution < -0.4 is 0 Å². The van der Waals surface area contributed by atoms with Gasteiger partial charge in [-0.1, -0.05) is 75.8 Å². The van der Waals surface area contributed by atoms with E-state index in [-0.39, 0.29) is 0 Å². The molecule has 0 spiro atoms. The van der Waals surface area contributed by atoms with Crippen molar-refractivity contribution in [3.63, 3.8) is 0 Å². The van der Waals surface area contributed by atoms with Crippen LogP contribution in [-0.4, -0.2) is 15.3 Å². The lowest BCUT2D eigenvalue weighted by Crippen LogP contribution is -1.98. The summed E-state index contributed by atoms with van der Waals surface area (Å²) in [6.07, 6.45) is 9.60. The van der Waals surface area contributed by atoms with Crippen LogP contribution in [0.1, 0.15) is 63.5 Å². The van der Waals surface area contributed by atoms with Crippen molar-refractivity contribution in [1.82, 2.24) is 10.2 Å². The van der Waals surface area contributed by atoms with Crippen LogP contribution in [0.5, 0.6) is 0 Å². The number of rotatable bonds is 9. The van der Waals surface area contributed by atoms with E-state index in [4.69, 9.17) is 0 Å². The fourth-order valence-corrected chi connectivity index (χ4v) is 2.66. The largest absolute Gasteiger partial charge is 0.388 e. The molecule has 1 aromatic carbocycles. The number of aromatic nitrogens is 2. The van der Waals surface area contributed by atoms with Crippen molar-refractivity contribution in [3.8, 4) is 11.3 Å². The van der Waals surface area contributed by atoms with E-state index < -0.39 is 6.10 Å². The highest BCUT2D eigenvalue weighted by atomic mass is 16.3. The molecule has 0 saturated carbocycles. The topological polar surface area (TPSA) is 48.9 Å². The Bertz CT molecular complexity index is 507. The molecule has 1 unspecified atom stereocenters. The van der Waals surface area contributed by atoms with Crippen molar-refractivity contribution in [1.29, 1.82) is 0 Å². The van der Waals surface area contributed by atoms with E-state index in [1.165, 1.54) is 32.1 Å². The van der Waals surface area contributed by atoms with E-state index in [1.807, 2.05) is 30.3 Å². The lowest BCUT2D eigenvalue weighted by atomic mass is 9.99. The van der Waals surface area contributed by atoms with E-state index in [0.29, 0.717) is 0 Å². The second kappa shape index (κ2) is 8.63. The minimum atomic E-state index is -0.426. The summed E-state index contributed by atoms with van der Waals surface area (Å²) in [7, 11) is 0. The molecule has 2 aromatic rings. The molecule has 114 valence electrons. The standard InChI is InChI=1S/C18H26N2O/c1-2-3-4-5-6-10-13-17(21)16-14-19-20-18(16)15-11-8-7-9-12-15/h7-9,11-12,14,17,21H,2-6,10,13H2,1H3,(H,19,20). The van der Waals surface area contributed by atoms with Gasteiger partial charge in [0.05, 0.1) is 18.0 Å². The van der Waals surface area contributed by atoms with Crippen LogP contribution in [0.25, 0.3) is 11.3 Å². The van der Waals surface area contributed by atoms with Gasteiger partial charge in [0.15, 0.2) is 0 Å². The highest BCUT2D eigenvalue weighted by Gasteiger charge is 2.15. The first-order chi connectivity index (χ1) is 10.3. The van der Waals surface area contributed by atoms with Gasteiger partial charge in [-0.2, -0.15) is 5.10 Å². The summed E-state index contributed by atoms with van der Waals surface area (Å²) in [6.45, 7) is 2.23. The fourth-order valence-electron chi connectivity index (χ4n) is 2.66. The maximum atomic E-state index is 10.4. The first kappa shape index (κ1) is 15.8. The third-order valence-corrected chi connectivity index (χ3v) is 3.92. The Labute approximate surface area is 127 Å². The molecule has 0 aliphatic carbocycles. The van der Waals surface area contributed by atoms with E-state index >= 15 is 0 Å². The van der Waals surface area contributed by atoms with E-state index in [0.717, 1.165) is 29.7 Å². The second-order valence-electron chi connectivity index (χ2n) is 5.64. The smallest absolute Gasteiger partial charge is 0.0826 e. The number of nitrogens with one attached hydrogen (secondary N) is 1. The van der Waals surface area contributed by atoms with Crippen molar-refractivity contribution >= 4 is 0 Å². The summed E-state index contributed by atoms with van der Waals surface area (Å²) in [4.78, 5) is 0. The van der Waals surface area contributed by atoms with Gasteiger partial charge < -0.3 is 5.11 Å². The quantitative estimate of drug-likeness (QED) is 0.647. The first-order valence-electron chi connectivity index (χ1n) is 8.09. The van der Waals surface area contributed by atoms with E-state index in [1.54, 1.807) is 6.20 Å². The number of hydrogen-bond acceptors (Lipinski definition) is 2. The highest BCUT2D eigenvalue weighted by molar-refractivity contribution is 5.62. The summed E-state index contributed by atoms with van der Waals surface area (Å²) >= 11 is 0. The van der Waals surface area contributed by atoms with Gasteiger partial charge in [-0.15, -0.1) is 0 Å². The predicted octanol–water partition coefficient (Wildman–Crippen LogP) is 4.86. The molecule has 1 atom stereocenters. The van der Waals surface area contributed by atoms with Crippen molar-refractivity contribution in [2.24, 2.45) is 0 Å². The van der Waals surface area contributed by atoms with Crippen molar-refractivity contribution < 1.29 is 5.11 Å². The number of unbranched alkanes of at least 4 members (excludes halogenated alkanes) is 5. The molecule has 1 heterocycles. The first-order valence-corrected chi connectivity index (χ1v) is 8.09. The Morgan fingerprint density at radius 2 is 1.76 bits per heavy atom. The molecular formula is C18H26N2O. The number of H-pyrrole nitrogens is 1. The second-order valence-corrected chi connectivity index (χ2v) is 5.64. The van der Waals surface area contributed by atoms with Crippen LogP contribution in [0.3, 0.4) is 0 Å². The monoisotopic (exact) mass is 286 g/mol. The van der Waals surface area contributed by atoms with Gasteiger partial charge in [0.1, 0.15) is 0 Å². The molecule has 0 saturated heterocycles. The van der Waals surface area contributed by atoms with Gasteiger partial charge in [-0.25, -0.2) is 0 Å². The Balaban J connectivity index is 1.86. The Morgan fingerprint density at radius 3 is 2.52 bits per heavy atom. The molecule has 0 fully saturated rings. The molecular weight excluding hydrogens is 260 g/mol. The zero-order chi connectivity index (χ0) is 14.9. The van der Waals surface area contributed by atoms with Crippen LogP contribution in [0.4, 0.5) is 0 Å². The van der Waals surface area contributed by atoms with E-state index in [9.17, 15) is 5.11 Å². The van der Waals surface area contributed by atoms with Gasteiger partial charge >= 0.3 is 0 Å². The predicted molar refractivity (Wildman–Crippen MR) is 87.0 cm³/mol. The Morgan fingerprint density at radius 1 is 1.05 bits per heavy atom. The third kappa shape index (κ3) is 4.71. The lowest BCUT2D eigenvalue weighted by Gasteiger charge is -2.11. The van der Waals surface area contributed by atoms with Crippen LogP contribution >= 0.6 is 0 Å². The van der Waals surface area contributed by atoms with Gasteiger partial charge in [0, 0.05) is 5.56 Å². The maximum absolute atomic E-state index is 10.4. The highest BCUT2D eigenvalue weighted by Crippen LogP contribution is 2.28. The zero-order valence-electron chi connectivity index (χ0n) is 12.9. The van der Waals surface area contributed by atoms with Gasteiger partial charge in [0.25, 0.3) is 0 Å². The molecule has 2 rings (SSSR count). The molecule has 0 aliphatic heterocycles. The van der Waals surface area contributed by atoms with Crippen LogP contribution in [0, 0.1) is 0 Å². The average Bonchev–Trinajstić information content (AvgIpc) is 3.01. The fraction of sp³-hybridized carbons (Fsp3) is 0.500. The van der Waals surface area contributed by atoms with Crippen LogP contribution in [-0.2, 0) is 0 Å². The summed E-state index contributed by atoms with van der Waals surface area (Å²) in [6, 6.07) is 10.1. The number of benzene rings is 1. The zero-order valence-corrected chi connectivity index (χ0v) is 12.9. The van der Waals surface area contributed by atoms with Crippen molar-refractivity contribution in [3.05, 3.63) is 42.1 Å². The van der Waals surface area contributed by atoms with E-state index in [2.05, 4.69) is 17.1 Å². The third-order valence-electron chi connectivity index (χ3n) is 3.92. The lowest BCUT2D eigenvalue weighted by molar-refractivity contribution is 0.164. The molecule has 0 aliphatic rings. The number of aromatic amines is 1. The van der Waals surface area contributed by atoms with Crippen molar-refractivity contribution in [2.75, 3.05) is 0 Å². The van der Waals surface area contributed by atoms with Gasteiger partial charge in [-0.3, -0.25) is 5.10 Å². The SMILES string of the molecule is CCCCCCCCC(O)c1cn[nH]c1-c1ccccc1.